The third kappa shape index (κ3) is 4.25. The topological polar surface area (TPSA) is 88.9 Å². The Morgan fingerprint density at radius 1 is 0.733 bits per heavy atom. The zero-order valence-corrected chi connectivity index (χ0v) is 16.2. The average Bonchev–Trinajstić information content (AvgIpc) is 3.17. The van der Waals surface area contributed by atoms with Gasteiger partial charge in [0.15, 0.2) is 0 Å². The fourth-order valence-electron chi connectivity index (χ4n) is 2.84. The molecule has 2 N–H and O–H groups in total. The molecule has 3 aromatic carbocycles. The van der Waals surface area contributed by atoms with Crippen molar-refractivity contribution in [2.24, 2.45) is 0 Å². The van der Waals surface area contributed by atoms with Gasteiger partial charge in [-0.15, -0.1) is 5.10 Å². The van der Waals surface area contributed by atoms with Crippen LogP contribution in [0.2, 0.25) is 0 Å². The number of para-hydroxylation sites is 1. The van der Waals surface area contributed by atoms with E-state index in [1.165, 1.54) is 4.68 Å². The van der Waals surface area contributed by atoms with Crippen molar-refractivity contribution in [3.05, 3.63) is 102 Å². The van der Waals surface area contributed by atoms with Gasteiger partial charge in [0.05, 0.1) is 5.69 Å². The first-order valence-corrected chi connectivity index (χ1v) is 9.37. The highest BCUT2D eigenvalue weighted by atomic mass is 16.2. The molecule has 1 heterocycles. The molecule has 0 aliphatic rings. The molecule has 0 spiro atoms. The Kier molecular flexibility index (Phi) is 5.34. The van der Waals surface area contributed by atoms with Crippen LogP contribution in [0.15, 0.2) is 84.9 Å². The third-order valence-corrected chi connectivity index (χ3v) is 4.41. The second-order valence-corrected chi connectivity index (χ2v) is 6.65. The minimum absolute atomic E-state index is 0.0897. The molecule has 7 nitrogen and oxygen atoms in total. The molecule has 7 heteroatoms. The van der Waals surface area contributed by atoms with Crippen LogP contribution < -0.4 is 10.6 Å². The van der Waals surface area contributed by atoms with Gasteiger partial charge in [0.1, 0.15) is 0 Å². The molecule has 0 saturated heterocycles. The maximum absolute atomic E-state index is 12.7. The summed E-state index contributed by atoms with van der Waals surface area (Å²) in [5.41, 5.74) is 2.74. The molecule has 4 aromatic rings. The van der Waals surface area contributed by atoms with Gasteiger partial charge in [-0.05, 0) is 43.3 Å². The molecule has 1 aromatic heterocycles. The van der Waals surface area contributed by atoms with Crippen LogP contribution in [0.5, 0.6) is 0 Å². The average molecular weight is 397 g/mol. The highest BCUT2D eigenvalue weighted by Gasteiger charge is 2.17. The van der Waals surface area contributed by atoms with Crippen molar-refractivity contribution in [3.8, 4) is 5.69 Å². The van der Waals surface area contributed by atoms with E-state index < -0.39 is 0 Å². The smallest absolute Gasteiger partial charge is 0.258 e. The van der Waals surface area contributed by atoms with Crippen LogP contribution >= 0.6 is 0 Å². The molecule has 0 bridgehead atoms. The summed E-state index contributed by atoms with van der Waals surface area (Å²) in [6.45, 7) is 1.95. The highest BCUT2D eigenvalue weighted by Crippen LogP contribution is 2.18. The van der Waals surface area contributed by atoms with E-state index in [4.69, 9.17) is 0 Å². The fraction of sp³-hybridized carbons (Fsp3) is 0.0435. The molecule has 0 aliphatic carbocycles. The molecular weight excluding hydrogens is 378 g/mol. The number of hydrogen-bond acceptors (Lipinski definition) is 4. The predicted molar refractivity (Wildman–Crippen MR) is 115 cm³/mol. The number of nitrogens with one attached hydrogen (secondary N) is 2. The lowest BCUT2D eigenvalue weighted by Crippen LogP contribution is -2.16. The Balaban J connectivity index is 1.63. The van der Waals surface area contributed by atoms with Crippen molar-refractivity contribution in [2.45, 2.75) is 6.92 Å². The number of benzene rings is 3. The molecule has 0 radical (unpaired) electrons. The number of nitrogens with zero attached hydrogens (tertiary/aromatic N) is 3. The molecule has 4 rings (SSSR count). The van der Waals surface area contributed by atoms with E-state index in [2.05, 4.69) is 20.7 Å². The molecule has 30 heavy (non-hydrogen) atoms. The lowest BCUT2D eigenvalue weighted by atomic mass is 10.1. The van der Waals surface area contributed by atoms with Crippen LogP contribution in [0.3, 0.4) is 0 Å². The predicted octanol–water partition coefficient (Wildman–Crippen LogP) is 4.08. The molecular formula is C23H19N5O2. The van der Waals surface area contributed by atoms with Crippen molar-refractivity contribution in [1.82, 2.24) is 14.8 Å². The maximum atomic E-state index is 12.7. The lowest BCUT2D eigenvalue weighted by Gasteiger charge is -2.07. The Morgan fingerprint density at radius 2 is 1.30 bits per heavy atom. The number of aromatic nitrogens is 3. The zero-order chi connectivity index (χ0) is 20.9. The van der Waals surface area contributed by atoms with Gasteiger partial charge < -0.3 is 0 Å². The number of carbonyl (C=O) groups excluding carboxylic acids is 2. The highest BCUT2D eigenvalue weighted by molar-refractivity contribution is 6.04. The molecule has 0 saturated carbocycles. The van der Waals surface area contributed by atoms with Crippen LogP contribution in [0.4, 0.5) is 11.9 Å². The van der Waals surface area contributed by atoms with E-state index in [1.54, 1.807) is 36.4 Å². The van der Waals surface area contributed by atoms with Gasteiger partial charge in [0, 0.05) is 11.1 Å². The Hall–Kier alpha value is -4.26. The first-order valence-electron chi connectivity index (χ1n) is 9.37. The SMILES string of the molecule is Cc1ccc(C(=O)Nc2nc(NC(=O)c3ccccc3)nn2-c2ccccc2)cc1. The second kappa shape index (κ2) is 8.40. The van der Waals surface area contributed by atoms with Crippen molar-refractivity contribution in [1.29, 1.82) is 0 Å². The molecule has 0 unspecified atom stereocenters. The van der Waals surface area contributed by atoms with Gasteiger partial charge in [-0.25, -0.2) is 0 Å². The summed E-state index contributed by atoms with van der Waals surface area (Å²) in [6.07, 6.45) is 0. The normalized spacial score (nSPS) is 10.4. The van der Waals surface area contributed by atoms with Crippen LogP contribution in [0.25, 0.3) is 5.69 Å². The summed E-state index contributed by atoms with van der Waals surface area (Å²) in [7, 11) is 0. The number of hydrogen-bond donors (Lipinski definition) is 2. The first-order chi connectivity index (χ1) is 14.6. The van der Waals surface area contributed by atoms with E-state index in [0.29, 0.717) is 16.8 Å². The first kappa shape index (κ1) is 19.1. The summed E-state index contributed by atoms with van der Waals surface area (Å²) in [5.74, 6) is -0.361. The summed E-state index contributed by atoms with van der Waals surface area (Å²) in [4.78, 5) is 29.5. The van der Waals surface area contributed by atoms with E-state index in [-0.39, 0.29) is 23.7 Å². The number of amides is 2. The molecule has 2 amide bonds. The van der Waals surface area contributed by atoms with Gasteiger partial charge >= 0.3 is 0 Å². The Morgan fingerprint density at radius 3 is 1.97 bits per heavy atom. The van der Waals surface area contributed by atoms with Crippen molar-refractivity contribution in [3.63, 3.8) is 0 Å². The summed E-state index contributed by atoms with van der Waals surface area (Å²) < 4.78 is 1.48. The van der Waals surface area contributed by atoms with Crippen molar-refractivity contribution < 1.29 is 9.59 Å². The quantitative estimate of drug-likeness (QED) is 0.531. The standard InChI is InChI=1S/C23H19N5O2/c1-16-12-14-18(15-13-16)21(30)25-23-26-22(24-20(29)17-8-4-2-5-9-17)27-28(23)19-10-6-3-7-11-19/h2-15H,1H3,(H2,24,25,26,27,29,30). The number of anilines is 2. The summed E-state index contributed by atoms with van der Waals surface area (Å²) >= 11 is 0. The van der Waals surface area contributed by atoms with Gasteiger partial charge in [-0.1, -0.05) is 54.1 Å². The number of carbonyl (C=O) groups is 2. The van der Waals surface area contributed by atoms with Gasteiger partial charge in [-0.2, -0.15) is 9.67 Å². The number of aryl methyl sites for hydroxylation is 1. The number of rotatable bonds is 5. The Bertz CT molecular complexity index is 1170. The molecule has 0 atom stereocenters. The fourth-order valence-corrected chi connectivity index (χ4v) is 2.84. The minimum atomic E-state index is -0.336. The van der Waals surface area contributed by atoms with E-state index in [1.807, 2.05) is 55.5 Å². The molecule has 0 fully saturated rings. The molecule has 0 aliphatic heterocycles. The third-order valence-electron chi connectivity index (χ3n) is 4.41. The van der Waals surface area contributed by atoms with Gasteiger partial charge in [-0.3, -0.25) is 20.2 Å². The molecule has 148 valence electrons. The monoisotopic (exact) mass is 397 g/mol. The lowest BCUT2D eigenvalue weighted by molar-refractivity contribution is 0.101. The van der Waals surface area contributed by atoms with Crippen LogP contribution in [0, 0.1) is 6.92 Å². The minimum Gasteiger partial charge on any atom is -0.290 e. The second-order valence-electron chi connectivity index (χ2n) is 6.65. The largest absolute Gasteiger partial charge is 0.290 e. The van der Waals surface area contributed by atoms with Crippen LogP contribution in [-0.2, 0) is 0 Å². The van der Waals surface area contributed by atoms with Crippen LogP contribution in [0.1, 0.15) is 26.3 Å². The van der Waals surface area contributed by atoms with E-state index in [9.17, 15) is 9.59 Å². The van der Waals surface area contributed by atoms with E-state index >= 15 is 0 Å². The van der Waals surface area contributed by atoms with Gasteiger partial charge in [0.2, 0.25) is 5.95 Å². The van der Waals surface area contributed by atoms with Crippen LogP contribution in [-0.4, -0.2) is 26.6 Å². The van der Waals surface area contributed by atoms with Crippen molar-refractivity contribution in [2.75, 3.05) is 10.6 Å². The summed E-state index contributed by atoms with van der Waals surface area (Å²) in [6, 6.07) is 25.2. The summed E-state index contributed by atoms with van der Waals surface area (Å²) in [5, 5.41) is 9.82. The van der Waals surface area contributed by atoms with Gasteiger partial charge in [0.25, 0.3) is 17.8 Å². The van der Waals surface area contributed by atoms with E-state index in [0.717, 1.165) is 5.56 Å². The Labute approximate surface area is 173 Å². The zero-order valence-electron chi connectivity index (χ0n) is 16.2. The van der Waals surface area contributed by atoms with Crippen molar-refractivity contribution >= 4 is 23.7 Å². The maximum Gasteiger partial charge on any atom is 0.258 e.